The van der Waals surface area contributed by atoms with Crippen molar-refractivity contribution in [2.75, 3.05) is 0 Å². The van der Waals surface area contributed by atoms with Crippen LogP contribution in [0.15, 0.2) is 24.6 Å². The van der Waals surface area contributed by atoms with E-state index >= 15 is 0 Å². The monoisotopic (exact) mass is 566 g/mol. The third-order valence-electron chi connectivity index (χ3n) is 1.66. The molecule has 20 heavy (non-hydrogen) atoms. The van der Waals surface area contributed by atoms with Crippen molar-refractivity contribution in [2.45, 2.75) is 48.5 Å². The van der Waals surface area contributed by atoms with Crippen molar-refractivity contribution in [2.24, 2.45) is 0 Å². The van der Waals surface area contributed by atoms with Gasteiger partial charge in [0.2, 0.25) is 0 Å². The Balaban J connectivity index is -0.000000143. The topological polar surface area (TPSA) is 58.9 Å². The lowest BCUT2D eigenvalue weighted by molar-refractivity contribution is 0.300. The Bertz CT molecular complexity index is 238. The fourth-order valence-electron chi connectivity index (χ4n) is 1.10. The van der Waals surface area contributed by atoms with E-state index in [2.05, 4.69) is 50.4 Å². The molecular weight excluding hydrogens is 534 g/mol. The molecular formula is C11H32I2O4Si3. The second-order valence-corrected chi connectivity index (χ2v) is 13.6. The van der Waals surface area contributed by atoms with Gasteiger partial charge in [-0.25, -0.2) is 0 Å². The zero-order valence-electron chi connectivity index (χ0n) is 10.5. The Labute approximate surface area is 152 Å². The van der Waals surface area contributed by atoms with Crippen molar-refractivity contribution < 1.29 is 17.8 Å². The quantitative estimate of drug-likeness (QED) is 0.352. The number of rotatable bonds is 6. The normalized spacial score (nSPS) is 15.4. The van der Waals surface area contributed by atoms with Crippen LogP contribution in [0, 0.1) is 0 Å². The van der Waals surface area contributed by atoms with E-state index < -0.39 is 25.7 Å². The van der Waals surface area contributed by atoms with Crippen LogP contribution in [0.4, 0.5) is 0 Å². The maximum Gasteiger partial charge on any atom is 0.349 e. The average molecular weight is 566 g/mol. The Morgan fingerprint density at radius 2 is 1.00 bits per heavy atom. The maximum atomic E-state index is 9.79. The summed E-state index contributed by atoms with van der Waals surface area (Å²) in [4.78, 5) is 19.6. The first-order valence-electron chi connectivity index (χ1n) is 4.80. The molecule has 0 aromatic rings. The van der Waals surface area contributed by atoms with Gasteiger partial charge in [0.05, 0.1) is 0 Å². The fraction of sp³-hybridized carbons (Fsp3) is 0.636. The minimum Gasteiger partial charge on any atom is -0.412 e. The molecule has 126 valence electrons. The molecule has 0 saturated heterocycles. The smallest absolute Gasteiger partial charge is 0.349 e. The summed E-state index contributed by atoms with van der Waals surface area (Å²) in [5, 5.41) is 0. The molecule has 0 heterocycles. The van der Waals surface area contributed by atoms with E-state index in [0.717, 1.165) is 0 Å². The lowest BCUT2D eigenvalue weighted by Crippen LogP contribution is -2.53. The minimum absolute atomic E-state index is 0. The van der Waals surface area contributed by atoms with Gasteiger partial charge >= 0.3 is 25.7 Å². The number of hydrogen-bond donors (Lipinski definition) is 2. The fourth-order valence-corrected chi connectivity index (χ4v) is 10.3. The molecule has 0 saturated carbocycles. The summed E-state index contributed by atoms with van der Waals surface area (Å²) in [5.74, 6) is 0. The van der Waals surface area contributed by atoms with Gasteiger partial charge in [0.1, 0.15) is 0 Å². The highest BCUT2D eigenvalue weighted by molar-refractivity contribution is 15.0. The number of hydrogen-bond acceptors (Lipinski definition) is 4. The highest BCUT2D eigenvalue weighted by Gasteiger charge is 2.40. The van der Waals surface area contributed by atoms with E-state index in [1.807, 2.05) is 0 Å². The summed E-state index contributed by atoms with van der Waals surface area (Å²) in [6, 6.07) is 0. The lowest BCUT2D eigenvalue weighted by atomic mass is 11.3. The predicted molar refractivity (Wildman–Crippen MR) is 116 cm³/mol. The van der Waals surface area contributed by atoms with Crippen molar-refractivity contribution >= 4 is 62.9 Å². The van der Waals surface area contributed by atoms with Crippen molar-refractivity contribution in [1.29, 1.82) is 0 Å². The Kier molecular flexibility index (Phi) is 23.3. The molecule has 2 unspecified atom stereocenters. The van der Waals surface area contributed by atoms with Crippen molar-refractivity contribution in [3.05, 3.63) is 24.6 Å². The van der Waals surface area contributed by atoms with Crippen LogP contribution in [0.2, 0.25) is 26.2 Å². The second kappa shape index (κ2) is 14.1. The highest BCUT2D eigenvalue weighted by atomic mass is 128. The first-order chi connectivity index (χ1) is 7.54. The molecule has 9 heteroatoms. The largest absolute Gasteiger partial charge is 0.412 e. The highest BCUT2D eigenvalue weighted by Crippen LogP contribution is 2.18. The van der Waals surface area contributed by atoms with Crippen molar-refractivity contribution in [3.63, 3.8) is 0 Å². The van der Waals surface area contributed by atoms with Gasteiger partial charge in [-0.3, -0.25) is 0 Å². The number of halogens is 2. The molecule has 4 nitrogen and oxygen atoms in total. The third-order valence-corrected chi connectivity index (χ3v) is 10.4. The molecule has 0 aromatic heterocycles. The van der Waals surface area contributed by atoms with Crippen LogP contribution in [-0.4, -0.2) is 35.3 Å². The standard InChI is InChI=1S/C8H20O4Si3.3CH4.I2/c1-7-14(5,9)11-13(3,4)12-15(6,10)8-2;;;;1-2/h7-10H,1-2H2,3-6H3;3*1H4;. The van der Waals surface area contributed by atoms with E-state index in [1.54, 1.807) is 26.2 Å². The first-order valence-corrected chi connectivity index (χ1v) is 18.8. The van der Waals surface area contributed by atoms with Crippen LogP contribution in [-0.2, 0) is 8.23 Å². The Hall–Kier alpha value is 1.43. The van der Waals surface area contributed by atoms with Crippen LogP contribution in [0.1, 0.15) is 22.3 Å². The zero-order chi connectivity index (χ0) is 14.3. The summed E-state index contributed by atoms with van der Waals surface area (Å²) in [6.07, 6.45) is 0. The van der Waals surface area contributed by atoms with E-state index in [4.69, 9.17) is 8.23 Å². The van der Waals surface area contributed by atoms with Crippen molar-refractivity contribution in [1.82, 2.24) is 0 Å². The van der Waals surface area contributed by atoms with E-state index in [0.29, 0.717) is 0 Å². The zero-order valence-corrected chi connectivity index (χ0v) is 17.9. The summed E-state index contributed by atoms with van der Waals surface area (Å²) in [6.45, 7) is 13.8. The van der Waals surface area contributed by atoms with Gasteiger partial charge in [-0.15, -0.1) is 13.2 Å². The van der Waals surface area contributed by atoms with E-state index in [-0.39, 0.29) is 22.3 Å². The molecule has 0 aliphatic heterocycles. The van der Waals surface area contributed by atoms with Gasteiger partial charge in [0.25, 0.3) is 0 Å². The molecule has 0 aliphatic rings. The molecule has 2 N–H and O–H groups in total. The van der Waals surface area contributed by atoms with Crippen LogP contribution in [0.25, 0.3) is 0 Å². The summed E-state index contributed by atoms with van der Waals surface area (Å²) >= 11 is 4.24. The molecule has 0 spiro atoms. The van der Waals surface area contributed by atoms with Crippen LogP contribution >= 0.6 is 37.2 Å². The minimum atomic E-state index is -2.85. The van der Waals surface area contributed by atoms with Crippen LogP contribution in [0.3, 0.4) is 0 Å². The molecule has 0 bridgehead atoms. The van der Waals surface area contributed by atoms with E-state index in [1.165, 1.54) is 11.4 Å². The third kappa shape index (κ3) is 17.5. The Morgan fingerprint density at radius 3 is 1.15 bits per heavy atom. The van der Waals surface area contributed by atoms with Gasteiger partial charge in [0, 0.05) is 37.2 Å². The predicted octanol–water partition coefficient (Wildman–Crippen LogP) is 4.98. The SMILES string of the molecule is C.C.C.C=C[Si](C)(O)O[Si](C)(C)O[Si](C)(O)C=C.II. The van der Waals surface area contributed by atoms with Gasteiger partial charge in [0.15, 0.2) is 0 Å². The van der Waals surface area contributed by atoms with Crippen molar-refractivity contribution in [3.8, 4) is 0 Å². The Morgan fingerprint density at radius 1 is 0.800 bits per heavy atom. The van der Waals surface area contributed by atoms with Gasteiger partial charge in [-0.2, -0.15) is 0 Å². The molecule has 0 radical (unpaired) electrons. The molecule has 0 rings (SSSR count). The summed E-state index contributed by atoms with van der Waals surface area (Å²) in [7, 11) is -8.23. The molecule has 0 amide bonds. The van der Waals surface area contributed by atoms with Crippen LogP contribution in [0.5, 0.6) is 0 Å². The van der Waals surface area contributed by atoms with E-state index in [9.17, 15) is 9.59 Å². The average Bonchev–Trinajstić information content (AvgIpc) is 2.17. The summed E-state index contributed by atoms with van der Waals surface area (Å²) in [5.41, 5.74) is 2.85. The van der Waals surface area contributed by atoms with Gasteiger partial charge < -0.3 is 17.8 Å². The van der Waals surface area contributed by atoms with Crippen LogP contribution < -0.4 is 0 Å². The lowest BCUT2D eigenvalue weighted by Gasteiger charge is -2.33. The van der Waals surface area contributed by atoms with Gasteiger partial charge in [-0.05, 0) is 26.2 Å². The molecule has 0 aliphatic carbocycles. The van der Waals surface area contributed by atoms with Gasteiger partial charge in [-0.1, -0.05) is 33.7 Å². The molecule has 2 atom stereocenters. The molecule has 0 aromatic carbocycles. The second-order valence-electron chi connectivity index (χ2n) is 4.12. The first kappa shape index (κ1) is 33.1. The molecule has 0 fully saturated rings. The summed E-state index contributed by atoms with van der Waals surface area (Å²) < 4.78 is 11.1. The maximum absolute atomic E-state index is 9.79.